The Kier molecular flexibility index (Phi) is 4.43. The fourth-order valence-corrected chi connectivity index (χ4v) is 4.66. The lowest BCUT2D eigenvalue weighted by atomic mass is 10.1. The maximum atomic E-state index is 11.5. The van der Waals surface area contributed by atoms with Crippen LogP contribution >= 0.6 is 22.3 Å². The number of hydrogen-bond donors (Lipinski definition) is 0. The molecule has 0 aliphatic carbocycles. The largest absolute Gasteiger partial charge is 0.544 e. The zero-order valence-electron chi connectivity index (χ0n) is 11.0. The fraction of sp³-hybridized carbons (Fsp3) is 0.455. The van der Waals surface area contributed by atoms with Crippen LogP contribution in [0.3, 0.4) is 0 Å². The minimum atomic E-state index is -3.88. The molecule has 0 N–H and O–H groups in total. The number of halogens is 2. The third-order valence-electron chi connectivity index (χ3n) is 2.25. The molecule has 0 atom stereocenters. The minimum absolute atomic E-state index is 0.0651. The van der Waals surface area contributed by atoms with Gasteiger partial charge in [0.2, 0.25) is 8.32 Å². The van der Waals surface area contributed by atoms with E-state index in [9.17, 15) is 8.42 Å². The van der Waals surface area contributed by atoms with E-state index in [-0.39, 0.29) is 9.92 Å². The average molecular weight is 327 g/mol. The summed E-state index contributed by atoms with van der Waals surface area (Å²) in [6, 6.07) is 1.57. The predicted octanol–water partition coefficient (Wildman–Crippen LogP) is 4.10. The third-order valence-corrected chi connectivity index (χ3v) is 4.95. The molecule has 102 valence electrons. The molecule has 0 aliphatic rings. The summed E-state index contributed by atoms with van der Waals surface area (Å²) in [4.78, 5) is -0.0651. The van der Waals surface area contributed by atoms with Crippen molar-refractivity contribution in [2.45, 2.75) is 38.4 Å². The van der Waals surface area contributed by atoms with E-state index in [2.05, 4.69) is 0 Å². The second-order valence-corrected chi connectivity index (χ2v) is 12.4. The van der Waals surface area contributed by atoms with Gasteiger partial charge in [-0.2, -0.15) is 0 Å². The summed E-state index contributed by atoms with van der Waals surface area (Å²) in [5.41, 5.74) is 1.28. The monoisotopic (exact) mass is 326 g/mol. The summed E-state index contributed by atoms with van der Waals surface area (Å²) < 4.78 is 29.0. The Bertz CT molecular complexity index is 577. The second kappa shape index (κ2) is 5.04. The standard InChI is InChI=1S/C11H16Cl2O3SSi/c1-7-6-9(12)11(17(13,14)15)8(2)10(7)16-18(3,4)5/h6H,1-5H3. The van der Waals surface area contributed by atoms with Gasteiger partial charge in [0.1, 0.15) is 10.6 Å². The highest BCUT2D eigenvalue weighted by Gasteiger charge is 2.25. The van der Waals surface area contributed by atoms with Crippen molar-refractivity contribution in [2.75, 3.05) is 0 Å². The van der Waals surface area contributed by atoms with Crippen LogP contribution < -0.4 is 4.43 Å². The fourth-order valence-electron chi connectivity index (χ4n) is 1.66. The average Bonchev–Trinajstić information content (AvgIpc) is 2.07. The second-order valence-electron chi connectivity index (χ2n) is 5.11. The lowest BCUT2D eigenvalue weighted by Crippen LogP contribution is -2.30. The van der Waals surface area contributed by atoms with Crippen LogP contribution in [-0.2, 0) is 9.05 Å². The molecule has 0 saturated heterocycles. The first-order chi connectivity index (χ1) is 7.93. The summed E-state index contributed by atoms with van der Waals surface area (Å²) in [7, 11) is -0.316. The van der Waals surface area contributed by atoms with Gasteiger partial charge < -0.3 is 4.43 Å². The molecule has 1 rings (SSSR count). The van der Waals surface area contributed by atoms with Crippen LogP contribution in [0.2, 0.25) is 24.7 Å². The van der Waals surface area contributed by atoms with Gasteiger partial charge in [-0.3, -0.25) is 0 Å². The van der Waals surface area contributed by atoms with Gasteiger partial charge in [0, 0.05) is 16.2 Å². The Balaban J connectivity index is 3.56. The summed E-state index contributed by atoms with van der Waals surface area (Å²) >= 11 is 5.95. The van der Waals surface area contributed by atoms with Gasteiger partial charge in [0.25, 0.3) is 9.05 Å². The van der Waals surface area contributed by atoms with E-state index < -0.39 is 17.4 Å². The van der Waals surface area contributed by atoms with E-state index in [1.807, 2.05) is 26.6 Å². The summed E-state index contributed by atoms with van der Waals surface area (Å²) in [5.74, 6) is 0.567. The smallest absolute Gasteiger partial charge is 0.263 e. The van der Waals surface area contributed by atoms with Crippen molar-refractivity contribution in [3.63, 3.8) is 0 Å². The molecular weight excluding hydrogens is 311 g/mol. The number of hydrogen-bond acceptors (Lipinski definition) is 3. The van der Waals surface area contributed by atoms with Crippen LogP contribution in [0, 0.1) is 13.8 Å². The summed E-state index contributed by atoms with van der Waals surface area (Å²) in [6.07, 6.45) is 0. The molecule has 0 radical (unpaired) electrons. The summed E-state index contributed by atoms with van der Waals surface area (Å²) in [6.45, 7) is 9.56. The zero-order valence-corrected chi connectivity index (χ0v) is 14.3. The molecule has 0 aromatic heterocycles. The Labute approximate surface area is 119 Å². The van der Waals surface area contributed by atoms with Crippen molar-refractivity contribution >= 4 is 39.7 Å². The van der Waals surface area contributed by atoms with Crippen LogP contribution in [0.1, 0.15) is 11.1 Å². The SMILES string of the molecule is Cc1cc(Cl)c(S(=O)(=O)Cl)c(C)c1O[Si](C)(C)C. The van der Waals surface area contributed by atoms with Crippen molar-refractivity contribution in [2.24, 2.45) is 0 Å². The lowest BCUT2D eigenvalue weighted by Gasteiger charge is -2.24. The van der Waals surface area contributed by atoms with Crippen molar-refractivity contribution in [3.8, 4) is 5.75 Å². The molecule has 3 nitrogen and oxygen atoms in total. The van der Waals surface area contributed by atoms with Gasteiger partial charge in [-0.25, -0.2) is 8.42 Å². The third kappa shape index (κ3) is 3.63. The Morgan fingerprint density at radius 3 is 2.11 bits per heavy atom. The van der Waals surface area contributed by atoms with Crippen LogP contribution in [-0.4, -0.2) is 16.7 Å². The topological polar surface area (TPSA) is 43.4 Å². The van der Waals surface area contributed by atoms with E-state index in [0.717, 1.165) is 5.56 Å². The molecule has 0 amide bonds. The van der Waals surface area contributed by atoms with Crippen molar-refractivity contribution in [1.29, 1.82) is 0 Å². The Morgan fingerprint density at radius 2 is 1.72 bits per heavy atom. The molecule has 0 unspecified atom stereocenters. The highest BCUT2D eigenvalue weighted by Crippen LogP contribution is 2.37. The lowest BCUT2D eigenvalue weighted by molar-refractivity contribution is 0.544. The minimum Gasteiger partial charge on any atom is -0.544 e. The zero-order chi connectivity index (χ0) is 14.3. The molecule has 0 fully saturated rings. The number of rotatable bonds is 3. The predicted molar refractivity (Wildman–Crippen MR) is 77.9 cm³/mol. The van der Waals surface area contributed by atoms with Crippen molar-refractivity contribution < 1.29 is 12.8 Å². The molecule has 0 bridgehead atoms. The van der Waals surface area contributed by atoms with E-state index in [1.54, 1.807) is 13.0 Å². The van der Waals surface area contributed by atoms with Gasteiger partial charge in [-0.15, -0.1) is 0 Å². The number of benzene rings is 1. The van der Waals surface area contributed by atoms with Gasteiger partial charge >= 0.3 is 0 Å². The molecule has 0 heterocycles. The quantitative estimate of drug-likeness (QED) is 0.620. The molecule has 0 spiro atoms. The van der Waals surface area contributed by atoms with E-state index >= 15 is 0 Å². The van der Waals surface area contributed by atoms with Gasteiger partial charge in [-0.05, 0) is 45.1 Å². The Hall–Kier alpha value is -0.233. The van der Waals surface area contributed by atoms with Crippen LogP contribution in [0.4, 0.5) is 0 Å². The molecule has 7 heteroatoms. The molecule has 1 aromatic carbocycles. The van der Waals surface area contributed by atoms with Gasteiger partial charge in [0.15, 0.2) is 0 Å². The van der Waals surface area contributed by atoms with Gasteiger partial charge in [-0.1, -0.05) is 11.6 Å². The molecule has 0 aliphatic heterocycles. The Morgan fingerprint density at radius 1 is 1.22 bits per heavy atom. The van der Waals surface area contributed by atoms with E-state index in [4.69, 9.17) is 26.7 Å². The molecular formula is C11H16Cl2O3SSi. The first kappa shape index (κ1) is 15.8. The van der Waals surface area contributed by atoms with Crippen LogP contribution in [0.5, 0.6) is 5.75 Å². The van der Waals surface area contributed by atoms with Gasteiger partial charge in [0.05, 0.1) is 5.02 Å². The normalized spacial score (nSPS) is 12.6. The van der Waals surface area contributed by atoms with E-state index in [0.29, 0.717) is 11.3 Å². The van der Waals surface area contributed by atoms with Crippen LogP contribution in [0.25, 0.3) is 0 Å². The van der Waals surface area contributed by atoms with Crippen LogP contribution in [0.15, 0.2) is 11.0 Å². The first-order valence-corrected chi connectivity index (χ1v) is 11.5. The van der Waals surface area contributed by atoms with Crippen molar-refractivity contribution in [1.82, 2.24) is 0 Å². The molecule has 1 aromatic rings. The molecule has 18 heavy (non-hydrogen) atoms. The summed E-state index contributed by atoms with van der Waals surface area (Å²) in [5, 5.41) is 0.128. The first-order valence-electron chi connectivity index (χ1n) is 5.37. The maximum Gasteiger partial charge on any atom is 0.263 e. The maximum absolute atomic E-state index is 11.5. The number of aryl methyl sites for hydroxylation is 1. The van der Waals surface area contributed by atoms with E-state index in [1.165, 1.54) is 0 Å². The van der Waals surface area contributed by atoms with Crippen molar-refractivity contribution in [3.05, 3.63) is 22.2 Å². The highest BCUT2D eigenvalue weighted by molar-refractivity contribution is 8.13. The highest BCUT2D eigenvalue weighted by atomic mass is 35.7. The molecule has 0 saturated carbocycles.